The molecule has 2 aromatic rings. The van der Waals surface area contributed by atoms with Gasteiger partial charge in [-0.15, -0.1) is 0 Å². The number of rotatable bonds is 5. The van der Waals surface area contributed by atoms with Crippen LogP contribution in [-0.4, -0.2) is 15.6 Å². The number of carbonyl (C=O) groups is 1. The van der Waals surface area contributed by atoms with Crippen molar-refractivity contribution < 1.29 is 9.90 Å². The fourth-order valence-electron chi connectivity index (χ4n) is 3.12. The summed E-state index contributed by atoms with van der Waals surface area (Å²) in [6.07, 6.45) is 2.22. The molecule has 5 heteroatoms. The van der Waals surface area contributed by atoms with Gasteiger partial charge in [-0.3, -0.25) is 9.59 Å². The Morgan fingerprint density at radius 3 is 2.64 bits per heavy atom. The Labute approximate surface area is 147 Å². The van der Waals surface area contributed by atoms with Crippen molar-refractivity contribution in [1.82, 2.24) is 9.88 Å². The summed E-state index contributed by atoms with van der Waals surface area (Å²) in [5, 5.41) is 12.3. The van der Waals surface area contributed by atoms with Crippen LogP contribution < -0.4 is 10.7 Å². The van der Waals surface area contributed by atoms with Gasteiger partial charge in [-0.2, -0.15) is 0 Å². The zero-order valence-electron chi connectivity index (χ0n) is 14.8. The first-order valence-electron chi connectivity index (χ1n) is 8.63. The van der Waals surface area contributed by atoms with Crippen molar-refractivity contribution >= 4 is 5.91 Å². The molecular formula is C20H24N2O3. The van der Waals surface area contributed by atoms with E-state index in [1.54, 1.807) is 11.6 Å². The largest absolute Gasteiger partial charge is 0.503 e. The fraction of sp³-hybridized carbons (Fsp3) is 0.400. The summed E-state index contributed by atoms with van der Waals surface area (Å²) in [4.78, 5) is 23.9. The highest BCUT2D eigenvalue weighted by Crippen LogP contribution is 2.47. The number of benzene rings is 1. The molecule has 1 aromatic heterocycles. The molecule has 1 fully saturated rings. The topological polar surface area (TPSA) is 71.3 Å². The molecule has 0 aliphatic heterocycles. The molecule has 1 saturated carbocycles. The average Bonchev–Trinajstić information content (AvgIpc) is 3.37. The number of amides is 1. The number of aromatic nitrogens is 1. The van der Waals surface area contributed by atoms with Crippen LogP contribution in [0, 0.1) is 5.92 Å². The van der Waals surface area contributed by atoms with Crippen molar-refractivity contribution in [1.29, 1.82) is 0 Å². The minimum atomic E-state index is -0.433. The SMILES string of the molecule is CC(C)c1ccc(C2CC2C(=O)NCc2cc(=O)c(O)cn2C)cc1. The molecule has 132 valence electrons. The van der Waals surface area contributed by atoms with Gasteiger partial charge in [0, 0.05) is 30.9 Å². The number of hydrogen-bond acceptors (Lipinski definition) is 3. The van der Waals surface area contributed by atoms with E-state index in [-0.39, 0.29) is 30.0 Å². The second-order valence-electron chi connectivity index (χ2n) is 7.11. The first kappa shape index (κ1) is 17.3. The summed E-state index contributed by atoms with van der Waals surface area (Å²) < 4.78 is 1.64. The molecule has 1 aliphatic carbocycles. The van der Waals surface area contributed by atoms with Gasteiger partial charge < -0.3 is 15.0 Å². The van der Waals surface area contributed by atoms with Crippen LogP contribution in [0.15, 0.2) is 41.3 Å². The highest BCUT2D eigenvalue weighted by Gasteiger charge is 2.43. The molecule has 1 heterocycles. The van der Waals surface area contributed by atoms with Crippen molar-refractivity contribution in [3.63, 3.8) is 0 Å². The molecule has 25 heavy (non-hydrogen) atoms. The summed E-state index contributed by atoms with van der Waals surface area (Å²) in [7, 11) is 1.73. The number of hydrogen-bond donors (Lipinski definition) is 2. The normalized spacial score (nSPS) is 19.0. The second-order valence-corrected chi connectivity index (χ2v) is 7.11. The number of carbonyl (C=O) groups excluding carboxylic acids is 1. The van der Waals surface area contributed by atoms with Gasteiger partial charge in [-0.1, -0.05) is 38.1 Å². The minimum Gasteiger partial charge on any atom is -0.503 e. The highest BCUT2D eigenvalue weighted by atomic mass is 16.3. The van der Waals surface area contributed by atoms with Crippen LogP contribution in [0.1, 0.15) is 48.9 Å². The third-order valence-corrected chi connectivity index (χ3v) is 4.92. The lowest BCUT2D eigenvalue weighted by molar-refractivity contribution is -0.122. The highest BCUT2D eigenvalue weighted by molar-refractivity contribution is 5.82. The number of nitrogens with one attached hydrogen (secondary N) is 1. The van der Waals surface area contributed by atoms with E-state index >= 15 is 0 Å². The first-order chi connectivity index (χ1) is 11.9. The third-order valence-electron chi connectivity index (χ3n) is 4.92. The van der Waals surface area contributed by atoms with E-state index in [2.05, 4.69) is 43.4 Å². The van der Waals surface area contributed by atoms with Gasteiger partial charge in [-0.05, 0) is 29.4 Å². The van der Waals surface area contributed by atoms with Gasteiger partial charge in [0.05, 0.1) is 6.54 Å². The smallest absolute Gasteiger partial charge is 0.224 e. The predicted octanol–water partition coefficient (Wildman–Crippen LogP) is 2.63. The molecule has 0 spiro atoms. The van der Waals surface area contributed by atoms with Gasteiger partial charge in [0.25, 0.3) is 0 Å². The summed E-state index contributed by atoms with van der Waals surface area (Å²) in [5.74, 6) is 0.510. The van der Waals surface area contributed by atoms with Crippen LogP contribution in [0.5, 0.6) is 5.75 Å². The molecule has 1 aromatic carbocycles. The lowest BCUT2D eigenvalue weighted by Gasteiger charge is -2.10. The Morgan fingerprint density at radius 1 is 1.32 bits per heavy atom. The van der Waals surface area contributed by atoms with Crippen molar-refractivity contribution in [2.75, 3.05) is 0 Å². The molecule has 1 amide bonds. The minimum absolute atomic E-state index is 0.000886. The van der Waals surface area contributed by atoms with Gasteiger partial charge in [-0.25, -0.2) is 0 Å². The first-order valence-corrected chi connectivity index (χ1v) is 8.63. The lowest BCUT2D eigenvalue weighted by atomic mass is 10.00. The maximum atomic E-state index is 12.4. The van der Waals surface area contributed by atoms with E-state index in [4.69, 9.17) is 0 Å². The van der Waals surface area contributed by atoms with E-state index in [0.717, 1.165) is 6.42 Å². The summed E-state index contributed by atoms with van der Waals surface area (Å²) in [5.41, 5.74) is 2.74. The van der Waals surface area contributed by atoms with Crippen LogP contribution >= 0.6 is 0 Å². The maximum Gasteiger partial charge on any atom is 0.224 e. The molecule has 2 atom stereocenters. The van der Waals surface area contributed by atoms with Crippen LogP contribution in [0.2, 0.25) is 0 Å². The average molecular weight is 340 g/mol. The van der Waals surface area contributed by atoms with Gasteiger partial charge in [0.2, 0.25) is 11.3 Å². The Morgan fingerprint density at radius 2 is 2.00 bits per heavy atom. The molecule has 0 bridgehead atoms. The zero-order valence-corrected chi connectivity index (χ0v) is 14.8. The quantitative estimate of drug-likeness (QED) is 0.879. The summed E-state index contributed by atoms with van der Waals surface area (Å²) in [6.45, 7) is 4.61. The van der Waals surface area contributed by atoms with Gasteiger partial charge in [0.15, 0.2) is 5.75 Å². The molecule has 5 nitrogen and oxygen atoms in total. The lowest BCUT2D eigenvalue weighted by Crippen LogP contribution is -2.27. The van der Waals surface area contributed by atoms with E-state index in [1.807, 2.05) is 0 Å². The van der Waals surface area contributed by atoms with Crippen LogP contribution in [-0.2, 0) is 18.4 Å². The van der Waals surface area contributed by atoms with E-state index in [0.29, 0.717) is 11.6 Å². The van der Waals surface area contributed by atoms with Crippen LogP contribution in [0.25, 0.3) is 0 Å². The number of aryl methyl sites for hydroxylation is 1. The van der Waals surface area contributed by atoms with Crippen molar-refractivity contribution in [2.45, 2.75) is 38.6 Å². The molecule has 2 N–H and O–H groups in total. The second kappa shape index (κ2) is 6.75. The van der Waals surface area contributed by atoms with Crippen molar-refractivity contribution in [2.24, 2.45) is 13.0 Å². The Hall–Kier alpha value is -2.56. The number of aromatic hydroxyl groups is 1. The third kappa shape index (κ3) is 3.76. The Balaban J connectivity index is 1.59. The molecule has 0 radical (unpaired) electrons. The molecular weight excluding hydrogens is 316 g/mol. The molecule has 0 saturated heterocycles. The summed E-state index contributed by atoms with van der Waals surface area (Å²) >= 11 is 0. The Bertz CT molecular complexity index is 837. The Kier molecular flexibility index (Phi) is 4.66. The van der Waals surface area contributed by atoms with E-state index in [9.17, 15) is 14.7 Å². The molecule has 3 rings (SSSR count). The van der Waals surface area contributed by atoms with Gasteiger partial charge >= 0.3 is 0 Å². The van der Waals surface area contributed by atoms with Crippen molar-refractivity contribution in [3.8, 4) is 5.75 Å². The van der Waals surface area contributed by atoms with E-state index in [1.165, 1.54) is 23.4 Å². The number of nitrogens with zero attached hydrogens (tertiary/aromatic N) is 1. The van der Waals surface area contributed by atoms with Gasteiger partial charge in [0.1, 0.15) is 0 Å². The van der Waals surface area contributed by atoms with E-state index < -0.39 is 5.43 Å². The van der Waals surface area contributed by atoms with Crippen LogP contribution in [0.4, 0.5) is 0 Å². The predicted molar refractivity (Wildman–Crippen MR) is 96.6 cm³/mol. The fourth-order valence-corrected chi connectivity index (χ4v) is 3.12. The standard InChI is InChI=1S/C20H24N2O3/c1-12(2)13-4-6-14(7-5-13)16-9-17(16)20(25)21-10-15-8-18(23)19(24)11-22(15)3/h4-8,11-12,16-17,24H,9-10H2,1-3H3,(H,21,25). The zero-order chi connectivity index (χ0) is 18.1. The van der Waals surface area contributed by atoms with Crippen LogP contribution in [0.3, 0.4) is 0 Å². The maximum absolute atomic E-state index is 12.4. The molecule has 1 aliphatic rings. The number of pyridine rings is 1. The monoisotopic (exact) mass is 340 g/mol. The summed E-state index contributed by atoms with van der Waals surface area (Å²) in [6, 6.07) is 9.87. The van der Waals surface area contributed by atoms with Crippen molar-refractivity contribution in [3.05, 3.63) is 63.6 Å². The molecule has 2 unspecified atom stereocenters.